The van der Waals surface area contributed by atoms with Crippen molar-refractivity contribution in [2.45, 2.75) is 56.4 Å². The number of thioether (sulfide) groups is 1. The Hall–Kier alpha value is -1.23. The van der Waals surface area contributed by atoms with Gasteiger partial charge >= 0.3 is 0 Å². The molecule has 2 rings (SSSR count). The van der Waals surface area contributed by atoms with Gasteiger partial charge in [-0.05, 0) is 6.42 Å². The first kappa shape index (κ1) is 18.1. The molecule has 23 heavy (non-hydrogen) atoms. The molecule has 2 heterocycles. The zero-order valence-electron chi connectivity index (χ0n) is 13.3. The van der Waals surface area contributed by atoms with E-state index in [1.807, 2.05) is 20.8 Å². The zero-order valence-corrected chi connectivity index (χ0v) is 15.0. The van der Waals surface area contributed by atoms with Crippen LogP contribution in [0.4, 0.5) is 5.13 Å². The quantitative estimate of drug-likeness (QED) is 0.593. The van der Waals surface area contributed by atoms with Gasteiger partial charge in [0.15, 0.2) is 0 Å². The van der Waals surface area contributed by atoms with E-state index in [-0.39, 0.29) is 34.9 Å². The summed E-state index contributed by atoms with van der Waals surface area (Å²) in [7, 11) is 0. The Morgan fingerprint density at radius 2 is 2.26 bits per heavy atom. The van der Waals surface area contributed by atoms with Crippen molar-refractivity contribution in [2.24, 2.45) is 5.73 Å². The van der Waals surface area contributed by atoms with Crippen molar-refractivity contribution in [1.29, 1.82) is 0 Å². The SMILES string of the molecule is CCC(SC1NC(=O)CC(N)N1)C(=O)Nc1nnc(C(C)C)s1. The fraction of sp³-hybridized carbons (Fsp3) is 0.692. The first-order chi connectivity index (χ1) is 10.9. The molecule has 1 fully saturated rings. The highest BCUT2D eigenvalue weighted by atomic mass is 32.2. The molecule has 3 atom stereocenters. The number of rotatable bonds is 6. The largest absolute Gasteiger partial charge is 0.332 e. The first-order valence-corrected chi connectivity index (χ1v) is 9.25. The highest BCUT2D eigenvalue weighted by Gasteiger charge is 2.28. The molecule has 0 bridgehead atoms. The van der Waals surface area contributed by atoms with Gasteiger partial charge in [0.1, 0.15) is 10.5 Å². The Labute approximate surface area is 143 Å². The fourth-order valence-corrected chi connectivity index (χ4v) is 3.89. The zero-order chi connectivity index (χ0) is 17.0. The number of amides is 2. The van der Waals surface area contributed by atoms with Crippen LogP contribution in [0, 0.1) is 0 Å². The Morgan fingerprint density at radius 1 is 1.52 bits per heavy atom. The number of carbonyl (C=O) groups excluding carboxylic acids is 2. The lowest BCUT2D eigenvalue weighted by Crippen LogP contribution is -2.58. The third-order valence-electron chi connectivity index (χ3n) is 3.19. The van der Waals surface area contributed by atoms with Crippen LogP contribution in [0.25, 0.3) is 0 Å². The summed E-state index contributed by atoms with van der Waals surface area (Å²) in [6.45, 7) is 5.97. The van der Waals surface area contributed by atoms with E-state index in [0.29, 0.717) is 11.6 Å². The van der Waals surface area contributed by atoms with Crippen molar-refractivity contribution in [2.75, 3.05) is 5.32 Å². The molecule has 1 aromatic heterocycles. The molecule has 128 valence electrons. The summed E-state index contributed by atoms with van der Waals surface area (Å²) < 4.78 is 0. The van der Waals surface area contributed by atoms with Crippen molar-refractivity contribution in [1.82, 2.24) is 20.8 Å². The van der Waals surface area contributed by atoms with E-state index in [1.54, 1.807) is 0 Å². The van der Waals surface area contributed by atoms with E-state index in [2.05, 4.69) is 26.1 Å². The lowest BCUT2D eigenvalue weighted by Gasteiger charge is -2.30. The second kappa shape index (κ2) is 8.04. The number of aromatic nitrogens is 2. The summed E-state index contributed by atoms with van der Waals surface area (Å²) in [5.41, 5.74) is 5.39. The van der Waals surface area contributed by atoms with Crippen molar-refractivity contribution in [3.63, 3.8) is 0 Å². The molecule has 2 amide bonds. The molecule has 0 radical (unpaired) electrons. The fourth-order valence-electron chi connectivity index (χ4n) is 1.99. The van der Waals surface area contributed by atoms with Crippen LogP contribution in [0.5, 0.6) is 0 Å². The molecule has 8 nitrogen and oxygen atoms in total. The molecule has 0 aromatic carbocycles. The Kier molecular flexibility index (Phi) is 6.33. The van der Waals surface area contributed by atoms with Gasteiger partial charge in [0.25, 0.3) is 0 Å². The third-order valence-corrected chi connectivity index (χ3v) is 5.73. The van der Waals surface area contributed by atoms with Crippen LogP contribution in [0.15, 0.2) is 0 Å². The highest BCUT2D eigenvalue weighted by molar-refractivity contribution is 8.01. The highest BCUT2D eigenvalue weighted by Crippen LogP contribution is 2.25. The van der Waals surface area contributed by atoms with Crippen LogP contribution in [0.1, 0.15) is 44.5 Å². The molecule has 10 heteroatoms. The summed E-state index contributed by atoms with van der Waals surface area (Å²) in [4.78, 5) is 23.9. The van der Waals surface area contributed by atoms with Crippen LogP contribution in [-0.4, -0.2) is 38.9 Å². The van der Waals surface area contributed by atoms with E-state index in [0.717, 1.165) is 5.01 Å². The molecule has 0 spiro atoms. The van der Waals surface area contributed by atoms with Crippen LogP contribution in [0.2, 0.25) is 0 Å². The smallest absolute Gasteiger partial charge is 0.239 e. The Balaban J connectivity index is 1.93. The van der Waals surface area contributed by atoms with E-state index in [4.69, 9.17) is 5.73 Å². The van der Waals surface area contributed by atoms with Gasteiger partial charge in [0.05, 0.1) is 17.8 Å². The number of hydrogen-bond acceptors (Lipinski definition) is 8. The van der Waals surface area contributed by atoms with Crippen molar-refractivity contribution < 1.29 is 9.59 Å². The van der Waals surface area contributed by atoms with E-state index < -0.39 is 6.17 Å². The van der Waals surface area contributed by atoms with Gasteiger partial charge in [-0.25, -0.2) is 0 Å². The molecule has 0 saturated carbocycles. The number of hydrogen-bond donors (Lipinski definition) is 4. The van der Waals surface area contributed by atoms with E-state index in [1.165, 1.54) is 23.1 Å². The van der Waals surface area contributed by atoms with Crippen LogP contribution >= 0.6 is 23.1 Å². The Morgan fingerprint density at radius 3 is 2.83 bits per heavy atom. The monoisotopic (exact) mass is 358 g/mol. The predicted molar refractivity (Wildman–Crippen MR) is 92.0 cm³/mol. The predicted octanol–water partition coefficient (Wildman–Crippen LogP) is 0.790. The minimum absolute atomic E-state index is 0.116. The van der Waals surface area contributed by atoms with Gasteiger partial charge in [0, 0.05) is 5.92 Å². The molecule has 3 unspecified atom stereocenters. The summed E-state index contributed by atoms with van der Waals surface area (Å²) >= 11 is 2.71. The average Bonchev–Trinajstić information content (AvgIpc) is 2.92. The lowest BCUT2D eigenvalue weighted by molar-refractivity contribution is -0.123. The maximum absolute atomic E-state index is 12.4. The standard InChI is InChI=1S/C13H22N6O2S2/c1-4-7(22-12-15-8(14)5-9(20)16-12)10(21)17-13-19-18-11(23-13)6(2)3/h6-8,12,15H,4-5,14H2,1-3H3,(H,16,20)(H,17,19,21). The summed E-state index contributed by atoms with van der Waals surface area (Å²) in [5.74, 6) is 0.00602. The summed E-state index contributed by atoms with van der Waals surface area (Å²) in [5, 5.41) is 17.7. The van der Waals surface area contributed by atoms with Crippen molar-refractivity contribution in [3.05, 3.63) is 5.01 Å². The average molecular weight is 358 g/mol. The number of nitrogens with two attached hydrogens (primary N) is 1. The van der Waals surface area contributed by atoms with Crippen LogP contribution in [-0.2, 0) is 9.59 Å². The summed E-state index contributed by atoms with van der Waals surface area (Å²) in [6.07, 6.45) is 0.469. The number of nitrogens with zero attached hydrogens (tertiary/aromatic N) is 2. The van der Waals surface area contributed by atoms with Gasteiger partial charge < -0.3 is 11.1 Å². The number of carbonyl (C=O) groups is 2. The topological polar surface area (TPSA) is 122 Å². The molecular formula is C13H22N6O2S2. The number of nitrogens with one attached hydrogen (secondary N) is 3. The second-order valence-electron chi connectivity index (χ2n) is 5.55. The molecule has 1 aliphatic heterocycles. The van der Waals surface area contributed by atoms with Crippen molar-refractivity contribution in [3.8, 4) is 0 Å². The van der Waals surface area contributed by atoms with Gasteiger partial charge in [-0.2, -0.15) is 0 Å². The van der Waals surface area contributed by atoms with Crippen molar-refractivity contribution >= 4 is 40.0 Å². The van der Waals surface area contributed by atoms with Gasteiger partial charge in [-0.3, -0.25) is 20.2 Å². The van der Waals surface area contributed by atoms with E-state index in [9.17, 15) is 9.59 Å². The minimum atomic E-state index is -0.390. The second-order valence-corrected chi connectivity index (χ2v) is 7.87. The van der Waals surface area contributed by atoms with Gasteiger partial charge in [-0.1, -0.05) is 32.1 Å². The lowest BCUT2D eigenvalue weighted by atomic mass is 10.2. The number of anilines is 1. The van der Waals surface area contributed by atoms with E-state index >= 15 is 0 Å². The molecule has 0 aliphatic carbocycles. The molecule has 1 saturated heterocycles. The molecule has 1 aliphatic rings. The summed E-state index contributed by atoms with van der Waals surface area (Å²) in [6, 6.07) is 0. The van der Waals surface area contributed by atoms with Crippen LogP contribution < -0.4 is 21.7 Å². The normalized spacial score (nSPS) is 22.7. The first-order valence-electron chi connectivity index (χ1n) is 7.49. The Bertz CT molecular complexity index is 564. The maximum Gasteiger partial charge on any atom is 0.239 e. The maximum atomic E-state index is 12.4. The molecular weight excluding hydrogens is 336 g/mol. The van der Waals surface area contributed by atoms with Gasteiger partial charge in [0.2, 0.25) is 16.9 Å². The third kappa shape index (κ3) is 5.13. The molecule has 1 aromatic rings. The minimum Gasteiger partial charge on any atom is -0.332 e. The van der Waals surface area contributed by atoms with Gasteiger partial charge in [-0.15, -0.1) is 22.0 Å². The van der Waals surface area contributed by atoms with Crippen LogP contribution in [0.3, 0.4) is 0 Å². The molecule has 5 N–H and O–H groups in total.